The van der Waals surface area contributed by atoms with Crippen molar-refractivity contribution < 1.29 is 19.1 Å². The number of anilines is 2. The first kappa shape index (κ1) is 23.6. The van der Waals surface area contributed by atoms with Crippen LogP contribution in [-0.4, -0.2) is 67.6 Å². The molecule has 0 saturated carbocycles. The van der Waals surface area contributed by atoms with Gasteiger partial charge in [-0.05, 0) is 35.9 Å². The lowest BCUT2D eigenvalue weighted by Crippen LogP contribution is -2.50. The van der Waals surface area contributed by atoms with Crippen LogP contribution < -0.4 is 25.0 Å². The molecule has 3 aromatic rings. The third-order valence-electron chi connectivity index (χ3n) is 6.41. The van der Waals surface area contributed by atoms with Crippen LogP contribution in [0.25, 0.3) is 0 Å². The SMILES string of the molecule is O=C(NCC(c1cccnc1)N1CCN(c2ccccc2)CC1)C(=O)Nc1ccc2c(c1)OCCO2. The molecule has 2 aromatic carbocycles. The van der Waals surface area contributed by atoms with Crippen molar-refractivity contribution in [3.8, 4) is 11.5 Å². The van der Waals surface area contributed by atoms with E-state index in [0.717, 1.165) is 31.7 Å². The zero-order valence-corrected chi connectivity index (χ0v) is 19.9. The fraction of sp³-hybridized carbons (Fsp3) is 0.296. The number of aromatic nitrogens is 1. The molecule has 5 rings (SSSR count). The molecule has 186 valence electrons. The number of hydrogen-bond acceptors (Lipinski definition) is 7. The molecule has 2 N–H and O–H groups in total. The second kappa shape index (κ2) is 11.1. The van der Waals surface area contributed by atoms with Crippen molar-refractivity contribution in [3.63, 3.8) is 0 Å². The van der Waals surface area contributed by atoms with E-state index in [0.29, 0.717) is 36.9 Å². The number of amides is 2. The minimum absolute atomic E-state index is 0.0948. The van der Waals surface area contributed by atoms with E-state index in [9.17, 15) is 9.59 Å². The van der Waals surface area contributed by atoms with Crippen molar-refractivity contribution in [3.05, 3.63) is 78.6 Å². The Bertz CT molecular complexity index is 1180. The highest BCUT2D eigenvalue weighted by Crippen LogP contribution is 2.32. The third kappa shape index (κ3) is 5.58. The van der Waals surface area contributed by atoms with Gasteiger partial charge in [0.2, 0.25) is 0 Å². The van der Waals surface area contributed by atoms with E-state index in [4.69, 9.17) is 9.47 Å². The molecule has 9 heteroatoms. The highest BCUT2D eigenvalue weighted by molar-refractivity contribution is 6.39. The third-order valence-corrected chi connectivity index (χ3v) is 6.41. The van der Waals surface area contributed by atoms with Crippen LogP contribution in [0.2, 0.25) is 0 Å². The summed E-state index contributed by atoms with van der Waals surface area (Å²) in [5, 5.41) is 5.45. The van der Waals surface area contributed by atoms with Crippen LogP contribution in [-0.2, 0) is 9.59 Å². The van der Waals surface area contributed by atoms with Gasteiger partial charge in [-0.25, -0.2) is 0 Å². The lowest BCUT2D eigenvalue weighted by Gasteiger charge is -2.40. The van der Waals surface area contributed by atoms with E-state index in [-0.39, 0.29) is 6.04 Å². The predicted octanol–water partition coefficient (Wildman–Crippen LogP) is 2.47. The molecule has 1 fully saturated rings. The lowest BCUT2D eigenvalue weighted by atomic mass is 10.1. The standard InChI is InChI=1S/C27H29N5O4/c33-26(27(34)30-21-8-9-24-25(17-21)36-16-15-35-24)29-19-23(20-5-4-10-28-18-20)32-13-11-31(12-14-32)22-6-2-1-3-7-22/h1-10,17-18,23H,11-16,19H2,(H,29,33)(H,30,34). The van der Waals surface area contributed by atoms with Crippen LogP contribution in [0, 0.1) is 0 Å². The van der Waals surface area contributed by atoms with Gasteiger partial charge in [0.25, 0.3) is 0 Å². The quantitative estimate of drug-likeness (QED) is 0.516. The molecule has 1 unspecified atom stereocenters. The maximum absolute atomic E-state index is 12.7. The fourth-order valence-corrected chi connectivity index (χ4v) is 4.54. The summed E-state index contributed by atoms with van der Waals surface area (Å²) in [6, 6.07) is 19.2. The average Bonchev–Trinajstić information content (AvgIpc) is 2.94. The number of pyridine rings is 1. The number of hydrogen-bond donors (Lipinski definition) is 2. The first-order valence-electron chi connectivity index (χ1n) is 12.1. The number of para-hydroxylation sites is 1. The summed E-state index contributed by atoms with van der Waals surface area (Å²) >= 11 is 0. The molecule has 0 bridgehead atoms. The largest absolute Gasteiger partial charge is 0.486 e. The van der Waals surface area contributed by atoms with E-state index in [1.807, 2.05) is 36.5 Å². The van der Waals surface area contributed by atoms with Gasteiger partial charge in [0.1, 0.15) is 13.2 Å². The number of fused-ring (bicyclic) bond motifs is 1. The number of nitrogens with zero attached hydrogens (tertiary/aromatic N) is 3. The van der Waals surface area contributed by atoms with Crippen LogP contribution in [0.1, 0.15) is 11.6 Å². The summed E-state index contributed by atoms with van der Waals surface area (Å²) in [5.41, 5.74) is 2.68. The normalized spacial score (nSPS) is 16.2. The smallest absolute Gasteiger partial charge is 0.313 e. The van der Waals surface area contributed by atoms with Gasteiger partial charge < -0.3 is 25.0 Å². The number of carbonyl (C=O) groups excluding carboxylic acids is 2. The molecule has 3 heterocycles. The zero-order chi connectivity index (χ0) is 24.7. The molecule has 1 saturated heterocycles. The van der Waals surface area contributed by atoms with E-state index >= 15 is 0 Å². The zero-order valence-electron chi connectivity index (χ0n) is 19.9. The molecule has 0 radical (unpaired) electrons. The number of carbonyl (C=O) groups is 2. The summed E-state index contributed by atoms with van der Waals surface area (Å²) in [7, 11) is 0. The number of nitrogens with one attached hydrogen (secondary N) is 2. The second-order valence-corrected chi connectivity index (χ2v) is 8.68. The van der Waals surface area contributed by atoms with Gasteiger partial charge in [-0.15, -0.1) is 0 Å². The van der Waals surface area contributed by atoms with Crippen LogP contribution in [0.5, 0.6) is 11.5 Å². The number of piperazine rings is 1. The Labute approximate surface area is 210 Å². The first-order valence-corrected chi connectivity index (χ1v) is 12.1. The molecule has 0 spiro atoms. The molecule has 2 amide bonds. The molecule has 2 aliphatic rings. The minimum Gasteiger partial charge on any atom is -0.486 e. The molecule has 2 aliphatic heterocycles. The summed E-state index contributed by atoms with van der Waals surface area (Å²) in [6.45, 7) is 4.63. The summed E-state index contributed by atoms with van der Waals surface area (Å²) in [5.74, 6) is -0.256. The van der Waals surface area contributed by atoms with Crippen LogP contribution in [0.15, 0.2) is 73.1 Å². The first-order chi connectivity index (χ1) is 17.7. The molecular weight excluding hydrogens is 458 g/mol. The molecule has 36 heavy (non-hydrogen) atoms. The van der Waals surface area contributed by atoms with Crippen LogP contribution >= 0.6 is 0 Å². The van der Waals surface area contributed by atoms with Gasteiger partial charge in [-0.3, -0.25) is 19.5 Å². The summed E-state index contributed by atoms with van der Waals surface area (Å²) in [4.78, 5) is 34.2. The Morgan fingerprint density at radius 1 is 0.889 bits per heavy atom. The van der Waals surface area contributed by atoms with E-state index in [2.05, 4.69) is 37.6 Å². The minimum atomic E-state index is -0.731. The molecule has 0 aliphatic carbocycles. The highest BCUT2D eigenvalue weighted by Gasteiger charge is 2.27. The van der Waals surface area contributed by atoms with E-state index in [1.165, 1.54) is 5.69 Å². The van der Waals surface area contributed by atoms with Crippen LogP contribution in [0.3, 0.4) is 0 Å². The molecule has 1 aromatic heterocycles. The Morgan fingerprint density at radius 3 is 2.42 bits per heavy atom. The second-order valence-electron chi connectivity index (χ2n) is 8.68. The van der Waals surface area contributed by atoms with Gasteiger partial charge in [-0.2, -0.15) is 0 Å². The Kier molecular flexibility index (Phi) is 7.28. The van der Waals surface area contributed by atoms with Crippen molar-refractivity contribution in [2.45, 2.75) is 6.04 Å². The number of rotatable bonds is 6. The lowest BCUT2D eigenvalue weighted by molar-refractivity contribution is -0.136. The van der Waals surface area contributed by atoms with Crippen molar-refractivity contribution >= 4 is 23.2 Å². The van der Waals surface area contributed by atoms with Gasteiger partial charge in [0, 0.05) is 62.6 Å². The van der Waals surface area contributed by atoms with Gasteiger partial charge in [-0.1, -0.05) is 24.3 Å². The molecule has 1 atom stereocenters. The Morgan fingerprint density at radius 2 is 1.67 bits per heavy atom. The Balaban J connectivity index is 1.20. The monoisotopic (exact) mass is 487 g/mol. The van der Waals surface area contributed by atoms with Crippen molar-refractivity contribution in [2.75, 3.05) is 56.2 Å². The van der Waals surface area contributed by atoms with Crippen LogP contribution in [0.4, 0.5) is 11.4 Å². The van der Waals surface area contributed by atoms with Crippen molar-refractivity contribution in [1.82, 2.24) is 15.2 Å². The average molecular weight is 488 g/mol. The van der Waals surface area contributed by atoms with E-state index in [1.54, 1.807) is 24.4 Å². The summed E-state index contributed by atoms with van der Waals surface area (Å²) in [6.07, 6.45) is 3.54. The Hall–Kier alpha value is -4.11. The number of ether oxygens (including phenoxy) is 2. The van der Waals surface area contributed by atoms with E-state index < -0.39 is 11.8 Å². The van der Waals surface area contributed by atoms with Gasteiger partial charge in [0.05, 0.1) is 6.04 Å². The summed E-state index contributed by atoms with van der Waals surface area (Å²) < 4.78 is 11.0. The predicted molar refractivity (Wildman–Crippen MR) is 136 cm³/mol. The van der Waals surface area contributed by atoms with Crippen molar-refractivity contribution in [1.29, 1.82) is 0 Å². The van der Waals surface area contributed by atoms with Gasteiger partial charge in [0.15, 0.2) is 11.5 Å². The molecular formula is C27H29N5O4. The highest BCUT2D eigenvalue weighted by atomic mass is 16.6. The topological polar surface area (TPSA) is 96.0 Å². The fourth-order valence-electron chi connectivity index (χ4n) is 4.54. The van der Waals surface area contributed by atoms with Gasteiger partial charge >= 0.3 is 11.8 Å². The molecule has 9 nitrogen and oxygen atoms in total. The number of benzene rings is 2. The maximum atomic E-state index is 12.7. The van der Waals surface area contributed by atoms with Crippen molar-refractivity contribution in [2.24, 2.45) is 0 Å². The maximum Gasteiger partial charge on any atom is 0.313 e.